The molecule has 0 aliphatic carbocycles. The fourth-order valence-corrected chi connectivity index (χ4v) is 8.33. The molecule has 0 radical (unpaired) electrons. The highest BCUT2D eigenvalue weighted by atomic mass is 35.5. The van der Waals surface area contributed by atoms with E-state index in [4.69, 9.17) is 21.3 Å². The van der Waals surface area contributed by atoms with Crippen molar-refractivity contribution in [2.45, 2.75) is 63.2 Å². The van der Waals surface area contributed by atoms with Crippen molar-refractivity contribution in [1.82, 2.24) is 35.7 Å². The molecule has 2 aromatic heterocycles. The zero-order chi connectivity index (χ0) is 32.0. The number of nitrogens with zero attached hydrogens (tertiary/aromatic N) is 5. The van der Waals surface area contributed by atoms with Crippen LogP contribution in [-0.2, 0) is 4.79 Å². The lowest BCUT2D eigenvalue weighted by Crippen LogP contribution is -2.58. The Morgan fingerprint density at radius 2 is 1.93 bits per heavy atom. The summed E-state index contributed by atoms with van der Waals surface area (Å²) >= 11 is 6.93. The summed E-state index contributed by atoms with van der Waals surface area (Å²) in [7, 11) is 0. The van der Waals surface area contributed by atoms with E-state index in [0.717, 1.165) is 41.4 Å². The van der Waals surface area contributed by atoms with Crippen LogP contribution < -0.4 is 20.3 Å². The predicted octanol–water partition coefficient (Wildman–Crippen LogP) is 4.72. The number of carbonyl (C=O) groups is 2. The normalized spacial score (nSPS) is 26.4. The van der Waals surface area contributed by atoms with Crippen LogP contribution >= 0.6 is 11.6 Å². The Hall–Kier alpha value is -4.10. The number of aromatic amines is 1. The molecule has 4 aliphatic heterocycles. The lowest BCUT2D eigenvalue weighted by atomic mass is 9.89. The standard InChI is InChI=1S/C32H33ClF2N8O3/c1-16-9-22-20(12-36-41-22)23(17(16)2)24-21(33)10-19-26(25(24)35)37-30(46-15-31-5-3-8-43(31)13-18(34)11-31)38-27(19)42-7-4-6-32(14-42)28(44)39-29(45)40-32/h9-10,12,18H,3-8,11,13-15H2,1-2H3,(H,36,41)(H2,39,40,44,45)/t18-,31+,32-/m1/s1. The molecule has 6 heterocycles. The summed E-state index contributed by atoms with van der Waals surface area (Å²) in [4.78, 5) is 38.4. The lowest BCUT2D eigenvalue weighted by molar-refractivity contribution is -0.124. The molecule has 2 aromatic carbocycles. The quantitative estimate of drug-likeness (QED) is 0.265. The number of alkyl halides is 1. The fraction of sp³-hybridized carbons (Fsp3) is 0.469. The molecule has 46 heavy (non-hydrogen) atoms. The maximum atomic E-state index is 17.0. The molecule has 4 saturated heterocycles. The molecule has 240 valence electrons. The third-order valence-corrected chi connectivity index (χ3v) is 10.7. The van der Waals surface area contributed by atoms with E-state index in [-0.39, 0.29) is 35.3 Å². The first-order valence-corrected chi connectivity index (χ1v) is 16.0. The van der Waals surface area contributed by atoms with Crippen molar-refractivity contribution in [3.05, 3.63) is 40.3 Å². The molecule has 14 heteroatoms. The molecule has 0 bridgehead atoms. The van der Waals surface area contributed by atoms with E-state index in [0.29, 0.717) is 49.1 Å². The maximum absolute atomic E-state index is 17.0. The topological polar surface area (TPSA) is 128 Å². The number of anilines is 1. The molecular weight excluding hydrogens is 618 g/mol. The van der Waals surface area contributed by atoms with Gasteiger partial charge in [0.15, 0.2) is 5.82 Å². The van der Waals surface area contributed by atoms with Gasteiger partial charge in [0.2, 0.25) is 0 Å². The second-order valence-corrected chi connectivity index (χ2v) is 13.6. The number of imide groups is 1. The Balaban J connectivity index is 1.28. The first kappa shape index (κ1) is 29.3. The molecule has 4 fully saturated rings. The average Bonchev–Trinajstić information content (AvgIpc) is 3.76. The van der Waals surface area contributed by atoms with Crippen molar-refractivity contribution < 1.29 is 23.1 Å². The van der Waals surface area contributed by atoms with Crippen LogP contribution in [0.5, 0.6) is 6.01 Å². The smallest absolute Gasteiger partial charge is 0.322 e. The number of H-pyrrole nitrogens is 1. The van der Waals surface area contributed by atoms with Crippen molar-refractivity contribution in [2.75, 3.05) is 37.7 Å². The summed E-state index contributed by atoms with van der Waals surface area (Å²) in [6.45, 7) is 5.79. The number of ether oxygens (including phenoxy) is 1. The Morgan fingerprint density at radius 1 is 1.11 bits per heavy atom. The van der Waals surface area contributed by atoms with Gasteiger partial charge in [0, 0.05) is 41.4 Å². The molecule has 1 spiro atoms. The molecule has 11 nitrogen and oxygen atoms in total. The van der Waals surface area contributed by atoms with E-state index >= 15 is 4.39 Å². The van der Waals surface area contributed by atoms with Crippen LogP contribution in [0.25, 0.3) is 32.9 Å². The van der Waals surface area contributed by atoms with E-state index in [2.05, 4.69) is 30.7 Å². The minimum Gasteiger partial charge on any atom is -0.461 e. The van der Waals surface area contributed by atoms with Gasteiger partial charge in [-0.15, -0.1) is 0 Å². The Morgan fingerprint density at radius 3 is 2.74 bits per heavy atom. The maximum Gasteiger partial charge on any atom is 0.322 e. The number of halogens is 3. The number of aromatic nitrogens is 4. The number of hydrogen-bond acceptors (Lipinski definition) is 8. The number of hydrogen-bond donors (Lipinski definition) is 3. The van der Waals surface area contributed by atoms with E-state index in [1.165, 1.54) is 0 Å². The average molecular weight is 651 g/mol. The number of urea groups is 1. The van der Waals surface area contributed by atoms with E-state index in [9.17, 15) is 14.0 Å². The SMILES string of the molecule is Cc1cc2[nH]ncc2c(-c2c(Cl)cc3c(N4CCC[C@]5(C4)NC(=O)NC5=O)nc(OC[C@@]45CCCN4C[C@H](F)C5)nc3c2F)c1C. The van der Waals surface area contributed by atoms with Gasteiger partial charge < -0.3 is 15.0 Å². The number of amides is 3. The Labute approximate surface area is 268 Å². The third-order valence-electron chi connectivity index (χ3n) is 10.4. The molecule has 8 rings (SSSR count). The first-order valence-electron chi connectivity index (χ1n) is 15.6. The number of carbonyl (C=O) groups excluding carboxylic acids is 2. The van der Waals surface area contributed by atoms with Gasteiger partial charge in [0.1, 0.15) is 29.7 Å². The summed E-state index contributed by atoms with van der Waals surface area (Å²) in [5.74, 6) is -0.716. The minimum absolute atomic E-state index is 0.00653. The summed E-state index contributed by atoms with van der Waals surface area (Å²) in [6.07, 6.45) is 3.82. The van der Waals surface area contributed by atoms with Gasteiger partial charge in [-0.1, -0.05) is 11.6 Å². The van der Waals surface area contributed by atoms with Gasteiger partial charge in [-0.2, -0.15) is 15.1 Å². The zero-order valence-corrected chi connectivity index (χ0v) is 26.2. The minimum atomic E-state index is -1.15. The monoisotopic (exact) mass is 650 g/mol. The highest BCUT2D eigenvalue weighted by molar-refractivity contribution is 6.35. The number of piperidine rings is 1. The Kier molecular flexibility index (Phi) is 6.67. The van der Waals surface area contributed by atoms with E-state index in [1.807, 2.05) is 24.8 Å². The van der Waals surface area contributed by atoms with Crippen molar-refractivity contribution in [2.24, 2.45) is 0 Å². The fourth-order valence-electron chi connectivity index (χ4n) is 8.05. The van der Waals surface area contributed by atoms with Crippen LogP contribution in [-0.4, -0.2) is 87.0 Å². The molecule has 3 N–H and O–H groups in total. The number of fused-ring (bicyclic) bond motifs is 3. The first-order chi connectivity index (χ1) is 22.1. The van der Waals surface area contributed by atoms with Crippen LogP contribution in [0.1, 0.15) is 43.2 Å². The summed E-state index contributed by atoms with van der Waals surface area (Å²) in [6, 6.07) is 3.01. The molecule has 4 aliphatic rings. The number of aryl methyl sites for hydroxylation is 1. The van der Waals surface area contributed by atoms with Crippen molar-refractivity contribution in [1.29, 1.82) is 0 Å². The van der Waals surface area contributed by atoms with Crippen LogP contribution in [0.2, 0.25) is 5.02 Å². The molecule has 0 unspecified atom stereocenters. The van der Waals surface area contributed by atoms with Gasteiger partial charge in [0.05, 0.1) is 28.8 Å². The summed E-state index contributed by atoms with van der Waals surface area (Å²) in [5.41, 5.74) is 1.73. The van der Waals surface area contributed by atoms with Crippen molar-refractivity contribution in [3.8, 4) is 17.1 Å². The van der Waals surface area contributed by atoms with Gasteiger partial charge in [-0.3, -0.25) is 20.1 Å². The second kappa shape index (κ2) is 10.5. The van der Waals surface area contributed by atoms with Crippen LogP contribution in [0, 0.1) is 19.7 Å². The zero-order valence-electron chi connectivity index (χ0n) is 25.5. The highest BCUT2D eigenvalue weighted by Crippen LogP contribution is 2.44. The molecule has 3 amide bonds. The lowest BCUT2D eigenvalue weighted by Gasteiger charge is -2.39. The molecule has 3 atom stereocenters. The number of benzene rings is 2. The van der Waals surface area contributed by atoms with Gasteiger partial charge in [-0.25, -0.2) is 13.6 Å². The predicted molar refractivity (Wildman–Crippen MR) is 168 cm³/mol. The Bertz CT molecular complexity index is 1950. The van der Waals surface area contributed by atoms with Crippen molar-refractivity contribution in [3.63, 3.8) is 0 Å². The van der Waals surface area contributed by atoms with Crippen LogP contribution in [0.15, 0.2) is 18.3 Å². The van der Waals surface area contributed by atoms with Gasteiger partial charge in [-0.05, 0) is 69.3 Å². The van der Waals surface area contributed by atoms with E-state index < -0.39 is 35.0 Å². The summed E-state index contributed by atoms with van der Waals surface area (Å²) < 4.78 is 37.8. The number of rotatable bonds is 5. The summed E-state index contributed by atoms with van der Waals surface area (Å²) in [5, 5.41) is 13.5. The molecular formula is C32H33ClF2N8O3. The van der Waals surface area contributed by atoms with Crippen LogP contribution in [0.3, 0.4) is 0 Å². The van der Waals surface area contributed by atoms with Crippen LogP contribution in [0.4, 0.5) is 19.4 Å². The number of nitrogens with one attached hydrogen (secondary N) is 3. The van der Waals surface area contributed by atoms with Gasteiger partial charge >= 0.3 is 12.0 Å². The van der Waals surface area contributed by atoms with Crippen molar-refractivity contribution >= 4 is 51.2 Å². The second-order valence-electron chi connectivity index (χ2n) is 13.2. The van der Waals surface area contributed by atoms with E-state index in [1.54, 1.807) is 12.3 Å². The largest absolute Gasteiger partial charge is 0.461 e. The van der Waals surface area contributed by atoms with Gasteiger partial charge in [0.25, 0.3) is 5.91 Å². The molecule has 0 saturated carbocycles. The third kappa shape index (κ3) is 4.42. The highest BCUT2D eigenvalue weighted by Gasteiger charge is 2.50. The molecule has 4 aromatic rings.